The first-order chi connectivity index (χ1) is 7.03. The smallest absolute Gasteiger partial charge is 0.165 e. The van der Waals surface area contributed by atoms with E-state index in [-0.39, 0.29) is 17.5 Å². The van der Waals surface area contributed by atoms with Gasteiger partial charge in [-0.25, -0.2) is 4.39 Å². The Hall–Kier alpha value is -1.09. The van der Waals surface area contributed by atoms with Crippen molar-refractivity contribution in [2.24, 2.45) is 0 Å². The van der Waals surface area contributed by atoms with Crippen molar-refractivity contribution in [3.63, 3.8) is 0 Å². The molecule has 0 aromatic heterocycles. The fourth-order valence-electron chi connectivity index (χ4n) is 1.97. The van der Waals surface area contributed by atoms with Gasteiger partial charge < -0.3 is 9.47 Å². The standard InChI is InChI=1S/C12H15FO2/c1-12(2)7-10(14-3)8-5-4-6-9(13)11(8)15-12/h4-6,10H,7H2,1-3H3. The van der Waals surface area contributed by atoms with Crippen LogP contribution in [0.3, 0.4) is 0 Å². The highest BCUT2D eigenvalue weighted by Crippen LogP contribution is 2.42. The van der Waals surface area contributed by atoms with Crippen LogP contribution in [0.4, 0.5) is 4.39 Å². The van der Waals surface area contributed by atoms with E-state index in [1.165, 1.54) is 6.07 Å². The van der Waals surface area contributed by atoms with Gasteiger partial charge >= 0.3 is 0 Å². The monoisotopic (exact) mass is 210 g/mol. The van der Waals surface area contributed by atoms with Crippen LogP contribution in [0.2, 0.25) is 0 Å². The fourth-order valence-corrected chi connectivity index (χ4v) is 1.97. The van der Waals surface area contributed by atoms with Gasteiger partial charge in [-0.15, -0.1) is 0 Å². The van der Waals surface area contributed by atoms with E-state index in [0.29, 0.717) is 5.75 Å². The molecule has 0 N–H and O–H groups in total. The summed E-state index contributed by atoms with van der Waals surface area (Å²) in [6.07, 6.45) is 0.652. The first-order valence-corrected chi connectivity index (χ1v) is 5.04. The van der Waals surface area contributed by atoms with Gasteiger partial charge in [-0.05, 0) is 19.9 Å². The largest absolute Gasteiger partial charge is 0.484 e. The van der Waals surface area contributed by atoms with Gasteiger partial charge in [0.05, 0.1) is 6.10 Å². The van der Waals surface area contributed by atoms with Crippen LogP contribution < -0.4 is 4.74 Å². The number of halogens is 1. The van der Waals surface area contributed by atoms with Crippen molar-refractivity contribution in [3.05, 3.63) is 29.6 Å². The second-order valence-corrected chi connectivity index (χ2v) is 4.45. The Morgan fingerprint density at radius 1 is 1.47 bits per heavy atom. The topological polar surface area (TPSA) is 18.5 Å². The zero-order chi connectivity index (χ0) is 11.1. The van der Waals surface area contributed by atoms with Crippen molar-refractivity contribution in [1.82, 2.24) is 0 Å². The van der Waals surface area contributed by atoms with Crippen molar-refractivity contribution in [2.75, 3.05) is 7.11 Å². The van der Waals surface area contributed by atoms with Crippen LogP contribution >= 0.6 is 0 Å². The van der Waals surface area contributed by atoms with E-state index < -0.39 is 0 Å². The molecule has 1 aromatic carbocycles. The third kappa shape index (κ3) is 1.84. The summed E-state index contributed by atoms with van der Waals surface area (Å²) in [5.41, 5.74) is 0.424. The first kappa shape index (κ1) is 10.4. The molecule has 82 valence electrons. The molecule has 1 atom stereocenters. The highest BCUT2D eigenvalue weighted by Gasteiger charge is 2.35. The lowest BCUT2D eigenvalue weighted by Crippen LogP contribution is -2.35. The zero-order valence-corrected chi connectivity index (χ0v) is 9.21. The van der Waals surface area contributed by atoms with Gasteiger partial charge in [-0.2, -0.15) is 0 Å². The minimum absolute atomic E-state index is 0.0838. The molecule has 0 fully saturated rings. The average Bonchev–Trinajstić information content (AvgIpc) is 2.17. The second kappa shape index (κ2) is 3.49. The van der Waals surface area contributed by atoms with Gasteiger partial charge in [0.2, 0.25) is 0 Å². The normalized spacial score (nSPS) is 23.1. The fraction of sp³-hybridized carbons (Fsp3) is 0.500. The number of benzene rings is 1. The Morgan fingerprint density at radius 3 is 2.87 bits per heavy atom. The molecule has 1 aliphatic rings. The molecule has 0 spiro atoms. The van der Waals surface area contributed by atoms with Crippen molar-refractivity contribution in [1.29, 1.82) is 0 Å². The molecular formula is C12H15FO2. The Kier molecular flexibility index (Phi) is 2.43. The van der Waals surface area contributed by atoms with Gasteiger partial charge in [0.25, 0.3) is 0 Å². The van der Waals surface area contributed by atoms with Crippen molar-refractivity contribution >= 4 is 0 Å². The van der Waals surface area contributed by atoms with E-state index >= 15 is 0 Å². The maximum atomic E-state index is 13.5. The third-order valence-electron chi connectivity index (χ3n) is 2.68. The molecule has 3 heteroatoms. The SMILES string of the molecule is COC1CC(C)(C)Oc2c(F)cccc21. The number of ether oxygens (including phenoxy) is 2. The number of fused-ring (bicyclic) bond motifs is 1. The molecule has 1 heterocycles. The molecule has 0 saturated carbocycles. The first-order valence-electron chi connectivity index (χ1n) is 5.04. The molecule has 2 nitrogen and oxygen atoms in total. The molecule has 2 rings (SSSR count). The zero-order valence-electron chi connectivity index (χ0n) is 9.21. The average molecular weight is 210 g/mol. The van der Waals surface area contributed by atoms with E-state index in [2.05, 4.69) is 0 Å². The van der Waals surface area contributed by atoms with Crippen LogP contribution in [0, 0.1) is 5.82 Å². The molecule has 0 radical (unpaired) electrons. The summed E-state index contributed by atoms with van der Waals surface area (Å²) in [5, 5.41) is 0. The lowest BCUT2D eigenvalue weighted by molar-refractivity contribution is -0.0136. The van der Waals surface area contributed by atoms with Crippen molar-refractivity contribution < 1.29 is 13.9 Å². The molecule has 1 aromatic rings. The summed E-state index contributed by atoms with van der Waals surface area (Å²) < 4.78 is 24.5. The molecular weight excluding hydrogens is 195 g/mol. The summed E-state index contributed by atoms with van der Waals surface area (Å²) in [7, 11) is 1.64. The molecule has 0 saturated heterocycles. The minimum Gasteiger partial charge on any atom is -0.484 e. The molecule has 1 unspecified atom stereocenters. The summed E-state index contributed by atoms with van der Waals surface area (Å²) in [4.78, 5) is 0. The highest BCUT2D eigenvalue weighted by molar-refractivity contribution is 5.39. The Labute approximate surface area is 89.0 Å². The minimum atomic E-state index is -0.379. The van der Waals surface area contributed by atoms with Gasteiger partial charge in [-0.1, -0.05) is 12.1 Å². The van der Waals surface area contributed by atoms with E-state index in [1.54, 1.807) is 13.2 Å². The van der Waals surface area contributed by atoms with E-state index in [1.807, 2.05) is 19.9 Å². The van der Waals surface area contributed by atoms with Crippen LogP contribution in [-0.2, 0) is 4.74 Å². The Balaban J connectivity index is 2.49. The number of methoxy groups -OCH3 is 1. The van der Waals surface area contributed by atoms with Gasteiger partial charge in [0, 0.05) is 19.1 Å². The van der Waals surface area contributed by atoms with Crippen molar-refractivity contribution in [3.8, 4) is 5.75 Å². The van der Waals surface area contributed by atoms with Gasteiger partial charge in [0.15, 0.2) is 11.6 Å². The lowest BCUT2D eigenvalue weighted by atomic mass is 9.91. The summed E-state index contributed by atoms with van der Waals surface area (Å²) in [6, 6.07) is 4.94. The molecule has 1 aliphatic heterocycles. The summed E-state index contributed by atoms with van der Waals surface area (Å²) >= 11 is 0. The second-order valence-electron chi connectivity index (χ2n) is 4.45. The predicted molar refractivity (Wildman–Crippen MR) is 55.5 cm³/mol. The lowest BCUT2D eigenvalue weighted by Gasteiger charge is -2.36. The molecule has 0 amide bonds. The number of para-hydroxylation sites is 1. The maximum Gasteiger partial charge on any atom is 0.165 e. The highest BCUT2D eigenvalue weighted by atomic mass is 19.1. The Morgan fingerprint density at radius 2 is 2.20 bits per heavy atom. The van der Waals surface area contributed by atoms with E-state index in [0.717, 1.165) is 12.0 Å². The quantitative estimate of drug-likeness (QED) is 0.709. The van der Waals surface area contributed by atoms with Gasteiger partial charge in [0.1, 0.15) is 5.60 Å². The molecule has 0 aliphatic carbocycles. The summed E-state index contributed by atoms with van der Waals surface area (Å²) in [6.45, 7) is 3.88. The maximum absolute atomic E-state index is 13.5. The number of hydrogen-bond acceptors (Lipinski definition) is 2. The van der Waals surface area contributed by atoms with Crippen LogP contribution in [-0.4, -0.2) is 12.7 Å². The molecule has 15 heavy (non-hydrogen) atoms. The van der Waals surface area contributed by atoms with Gasteiger partial charge in [-0.3, -0.25) is 0 Å². The number of rotatable bonds is 1. The molecule has 0 bridgehead atoms. The summed E-state index contributed by atoms with van der Waals surface area (Å²) in [5.74, 6) is 0.0166. The van der Waals surface area contributed by atoms with Crippen LogP contribution in [0.15, 0.2) is 18.2 Å². The third-order valence-corrected chi connectivity index (χ3v) is 2.68. The van der Waals surface area contributed by atoms with E-state index in [4.69, 9.17) is 9.47 Å². The van der Waals surface area contributed by atoms with Crippen molar-refractivity contribution in [2.45, 2.75) is 32.0 Å². The predicted octanol–water partition coefficient (Wildman–Crippen LogP) is 3.07. The Bertz CT molecular complexity index is 374. The van der Waals surface area contributed by atoms with Crippen LogP contribution in [0.1, 0.15) is 31.9 Å². The van der Waals surface area contributed by atoms with E-state index in [9.17, 15) is 4.39 Å². The van der Waals surface area contributed by atoms with Crippen LogP contribution in [0.5, 0.6) is 5.75 Å². The van der Waals surface area contributed by atoms with Crippen LogP contribution in [0.25, 0.3) is 0 Å². The number of hydrogen-bond donors (Lipinski definition) is 0.